The molecular formula is C23H30N3OS2+. The summed E-state index contributed by atoms with van der Waals surface area (Å²) in [6, 6.07) is 14.7. The molecule has 0 unspecified atom stereocenters. The van der Waals surface area contributed by atoms with Crippen molar-refractivity contribution in [1.82, 2.24) is 4.98 Å². The average Bonchev–Trinajstić information content (AvgIpc) is 3.12. The van der Waals surface area contributed by atoms with Gasteiger partial charge in [-0.2, -0.15) is 0 Å². The van der Waals surface area contributed by atoms with Crippen LogP contribution in [0.3, 0.4) is 0 Å². The van der Waals surface area contributed by atoms with E-state index in [0.29, 0.717) is 6.42 Å². The van der Waals surface area contributed by atoms with Crippen LogP contribution in [0.15, 0.2) is 47.4 Å². The normalized spacial score (nSPS) is 11.3. The Hall–Kier alpha value is -1.89. The Bertz CT molecular complexity index is 950. The molecular weight excluding hydrogens is 398 g/mol. The van der Waals surface area contributed by atoms with Gasteiger partial charge < -0.3 is 4.90 Å². The molecule has 0 saturated heterocycles. The first-order chi connectivity index (χ1) is 13.9. The van der Waals surface area contributed by atoms with Gasteiger partial charge in [-0.3, -0.25) is 9.69 Å². The molecule has 0 aliphatic rings. The third-order valence-electron chi connectivity index (χ3n) is 4.81. The number of aryl methyl sites for hydroxylation is 2. The number of thiazole rings is 1. The van der Waals surface area contributed by atoms with Gasteiger partial charge in [0.05, 0.1) is 30.9 Å². The Morgan fingerprint density at radius 1 is 1.14 bits per heavy atom. The Morgan fingerprint density at radius 3 is 2.59 bits per heavy atom. The van der Waals surface area contributed by atoms with Gasteiger partial charge in [0.1, 0.15) is 0 Å². The molecule has 0 atom stereocenters. The van der Waals surface area contributed by atoms with E-state index in [-0.39, 0.29) is 5.91 Å². The van der Waals surface area contributed by atoms with Crippen LogP contribution in [0.2, 0.25) is 0 Å². The summed E-state index contributed by atoms with van der Waals surface area (Å²) in [6.45, 7) is 5.92. The molecule has 154 valence electrons. The monoisotopic (exact) mass is 428 g/mol. The van der Waals surface area contributed by atoms with Crippen LogP contribution in [0, 0.1) is 13.8 Å². The molecule has 1 N–H and O–H groups in total. The highest BCUT2D eigenvalue weighted by atomic mass is 32.2. The molecule has 0 saturated carbocycles. The number of amides is 1. The van der Waals surface area contributed by atoms with Crippen molar-refractivity contribution in [2.24, 2.45) is 0 Å². The number of aromatic nitrogens is 1. The zero-order chi connectivity index (χ0) is 20.8. The first kappa shape index (κ1) is 21.8. The van der Waals surface area contributed by atoms with Crippen molar-refractivity contribution in [3.05, 3.63) is 53.6 Å². The number of anilines is 1. The average molecular weight is 429 g/mol. The van der Waals surface area contributed by atoms with E-state index in [4.69, 9.17) is 4.98 Å². The smallest absolute Gasteiger partial charge is 0.229 e. The highest BCUT2D eigenvalue weighted by Gasteiger charge is 2.20. The Kier molecular flexibility index (Phi) is 7.70. The third-order valence-corrected chi connectivity index (χ3v) is 6.86. The fourth-order valence-electron chi connectivity index (χ4n) is 3.13. The number of nitrogens with zero attached hydrogens (tertiary/aromatic N) is 2. The Balaban J connectivity index is 1.70. The number of hydrogen-bond acceptors (Lipinski definition) is 4. The lowest BCUT2D eigenvalue weighted by Gasteiger charge is -2.20. The standard InChI is InChI=1S/C23H29N3OS2/c1-17-9-11-19(12-10-17)28-16-13-21(27)26(15-6-14-25(3)4)23-24-22-18(2)7-5-8-20(22)29-23/h5,7-12H,6,13-16H2,1-4H3/p+1. The molecule has 3 rings (SSSR count). The van der Waals surface area contributed by atoms with E-state index in [1.54, 1.807) is 23.1 Å². The fourth-order valence-corrected chi connectivity index (χ4v) is 5.06. The van der Waals surface area contributed by atoms with Crippen molar-refractivity contribution in [3.8, 4) is 0 Å². The third kappa shape index (κ3) is 6.04. The highest BCUT2D eigenvalue weighted by molar-refractivity contribution is 7.99. The van der Waals surface area contributed by atoms with Gasteiger partial charge in [-0.1, -0.05) is 41.2 Å². The van der Waals surface area contributed by atoms with E-state index >= 15 is 0 Å². The minimum atomic E-state index is 0.162. The summed E-state index contributed by atoms with van der Waals surface area (Å²) in [6.07, 6.45) is 1.48. The summed E-state index contributed by atoms with van der Waals surface area (Å²) in [5.41, 5.74) is 3.42. The van der Waals surface area contributed by atoms with Gasteiger partial charge >= 0.3 is 0 Å². The van der Waals surface area contributed by atoms with E-state index in [2.05, 4.69) is 70.4 Å². The van der Waals surface area contributed by atoms with Crippen LogP contribution in [0.25, 0.3) is 10.2 Å². The van der Waals surface area contributed by atoms with Crippen molar-refractivity contribution >= 4 is 44.4 Å². The zero-order valence-corrected chi connectivity index (χ0v) is 19.3. The van der Waals surface area contributed by atoms with Crippen molar-refractivity contribution in [3.63, 3.8) is 0 Å². The second-order valence-corrected chi connectivity index (χ2v) is 9.86. The number of para-hydroxylation sites is 1. The Labute approximate surface area is 181 Å². The summed E-state index contributed by atoms with van der Waals surface area (Å²) >= 11 is 3.36. The minimum absolute atomic E-state index is 0.162. The SMILES string of the molecule is Cc1ccc(SCCC(=O)N(CCC[NH+](C)C)c2nc3c(C)cccc3s2)cc1. The molecule has 29 heavy (non-hydrogen) atoms. The number of carbonyl (C=O) groups is 1. The number of benzene rings is 2. The van der Waals surface area contributed by atoms with Crippen LogP contribution in [0.1, 0.15) is 24.0 Å². The maximum absolute atomic E-state index is 13.1. The highest BCUT2D eigenvalue weighted by Crippen LogP contribution is 2.31. The number of carbonyl (C=O) groups excluding carboxylic acids is 1. The van der Waals surface area contributed by atoms with E-state index < -0.39 is 0 Å². The summed E-state index contributed by atoms with van der Waals surface area (Å²) in [7, 11) is 4.29. The number of fused-ring (bicyclic) bond motifs is 1. The maximum Gasteiger partial charge on any atom is 0.229 e. The van der Waals surface area contributed by atoms with Gasteiger partial charge in [0.25, 0.3) is 0 Å². The van der Waals surface area contributed by atoms with Crippen LogP contribution in [0.4, 0.5) is 5.13 Å². The van der Waals surface area contributed by atoms with E-state index in [0.717, 1.165) is 46.2 Å². The molecule has 0 aliphatic heterocycles. The largest absolute Gasteiger partial charge is 0.340 e. The molecule has 1 amide bonds. The van der Waals surface area contributed by atoms with E-state index in [1.165, 1.54) is 15.4 Å². The molecule has 0 spiro atoms. The van der Waals surface area contributed by atoms with Crippen LogP contribution < -0.4 is 9.80 Å². The summed E-state index contributed by atoms with van der Waals surface area (Å²) in [5, 5.41) is 0.827. The van der Waals surface area contributed by atoms with Gasteiger partial charge in [-0.15, -0.1) is 11.8 Å². The van der Waals surface area contributed by atoms with E-state index in [9.17, 15) is 4.79 Å². The first-order valence-electron chi connectivity index (χ1n) is 10.1. The topological polar surface area (TPSA) is 37.6 Å². The molecule has 1 aromatic heterocycles. The van der Waals surface area contributed by atoms with E-state index in [1.807, 2.05) is 4.90 Å². The summed E-state index contributed by atoms with van der Waals surface area (Å²) < 4.78 is 1.14. The van der Waals surface area contributed by atoms with Gasteiger partial charge in [0.2, 0.25) is 5.91 Å². The van der Waals surface area contributed by atoms with Gasteiger partial charge in [-0.05, 0) is 37.6 Å². The molecule has 4 nitrogen and oxygen atoms in total. The molecule has 0 bridgehead atoms. The van der Waals surface area contributed by atoms with Crippen molar-refractivity contribution in [1.29, 1.82) is 0 Å². The number of quaternary nitrogens is 1. The number of hydrogen-bond donors (Lipinski definition) is 1. The summed E-state index contributed by atoms with van der Waals surface area (Å²) in [4.78, 5) is 22.4. The maximum atomic E-state index is 13.1. The van der Waals surface area contributed by atoms with Crippen molar-refractivity contribution in [2.75, 3.05) is 37.8 Å². The van der Waals surface area contributed by atoms with Crippen LogP contribution in [-0.4, -0.2) is 43.8 Å². The molecule has 2 aromatic carbocycles. The number of rotatable bonds is 9. The van der Waals surface area contributed by atoms with Gasteiger partial charge in [0.15, 0.2) is 5.13 Å². The second kappa shape index (κ2) is 10.2. The van der Waals surface area contributed by atoms with Crippen LogP contribution in [-0.2, 0) is 4.79 Å². The van der Waals surface area contributed by atoms with Crippen LogP contribution >= 0.6 is 23.1 Å². The van der Waals surface area contributed by atoms with Crippen LogP contribution in [0.5, 0.6) is 0 Å². The minimum Gasteiger partial charge on any atom is -0.340 e. The first-order valence-corrected chi connectivity index (χ1v) is 11.9. The molecule has 1 heterocycles. The molecule has 0 aliphatic carbocycles. The lowest BCUT2D eigenvalue weighted by Crippen LogP contribution is -3.05. The Morgan fingerprint density at radius 2 is 1.90 bits per heavy atom. The summed E-state index contributed by atoms with van der Waals surface area (Å²) in [5.74, 6) is 0.941. The van der Waals surface area contributed by atoms with Crippen molar-refractivity contribution < 1.29 is 9.69 Å². The quantitative estimate of drug-likeness (QED) is 0.524. The predicted molar refractivity (Wildman–Crippen MR) is 126 cm³/mol. The molecule has 0 fully saturated rings. The van der Waals surface area contributed by atoms with Gasteiger partial charge in [-0.25, -0.2) is 4.98 Å². The van der Waals surface area contributed by atoms with Crippen molar-refractivity contribution in [2.45, 2.75) is 31.6 Å². The molecule has 6 heteroatoms. The molecule has 0 radical (unpaired) electrons. The second-order valence-electron chi connectivity index (χ2n) is 7.69. The molecule has 3 aromatic rings. The predicted octanol–water partition coefficient (Wildman–Crippen LogP) is 3.96. The van der Waals surface area contributed by atoms with Gasteiger partial charge in [0, 0.05) is 30.0 Å². The zero-order valence-electron chi connectivity index (χ0n) is 17.7. The number of thioether (sulfide) groups is 1. The lowest BCUT2D eigenvalue weighted by molar-refractivity contribution is -0.858. The number of nitrogens with one attached hydrogen (secondary N) is 1. The lowest BCUT2D eigenvalue weighted by atomic mass is 10.2. The fraction of sp³-hybridized carbons (Fsp3) is 0.391.